The first-order valence-electron chi connectivity index (χ1n) is 9.65. The van der Waals surface area contributed by atoms with Gasteiger partial charge in [0.1, 0.15) is 5.82 Å². The third-order valence-electron chi connectivity index (χ3n) is 4.89. The van der Waals surface area contributed by atoms with Gasteiger partial charge in [0, 0.05) is 18.3 Å². The molecule has 0 saturated carbocycles. The van der Waals surface area contributed by atoms with E-state index in [1.165, 1.54) is 4.52 Å². The van der Waals surface area contributed by atoms with Gasteiger partial charge in [0.05, 0.1) is 5.56 Å². The number of hydrogen-bond acceptors (Lipinski definition) is 3. The quantitative estimate of drug-likeness (QED) is 0.460. The minimum absolute atomic E-state index is 0.00249. The molecule has 2 heterocycles. The SMILES string of the molecule is Cc1ccc(-c2c(C(F)(F)F)nn3c(NCCc4ccccc4)cc(C)nc23)cc1. The standard InChI is InChI=1S/C23H21F3N4/c1-15-8-10-18(11-9-15)20-21(23(24,25)26)29-30-19(14-16(2)28-22(20)30)27-13-12-17-6-4-3-5-7-17/h3-11,14,27H,12-13H2,1-2H3. The lowest BCUT2D eigenvalue weighted by molar-refractivity contribution is -0.140. The summed E-state index contributed by atoms with van der Waals surface area (Å²) in [6.07, 6.45) is -3.86. The van der Waals surface area contributed by atoms with E-state index in [0.717, 1.165) is 17.5 Å². The Kier molecular flexibility index (Phi) is 5.20. The number of anilines is 1. The van der Waals surface area contributed by atoms with Crippen LogP contribution in [0.2, 0.25) is 0 Å². The molecule has 4 rings (SSSR count). The maximum Gasteiger partial charge on any atom is 0.435 e. The number of nitrogens with zero attached hydrogens (tertiary/aromatic N) is 3. The Morgan fingerprint density at radius 2 is 1.67 bits per heavy atom. The summed E-state index contributed by atoms with van der Waals surface area (Å²) in [6.45, 7) is 4.22. The van der Waals surface area contributed by atoms with Gasteiger partial charge in [-0.2, -0.15) is 22.8 Å². The highest BCUT2D eigenvalue weighted by Crippen LogP contribution is 2.39. The number of hydrogen-bond donors (Lipinski definition) is 1. The molecule has 0 aliphatic rings. The molecule has 2 aromatic carbocycles. The summed E-state index contributed by atoms with van der Waals surface area (Å²) in [4.78, 5) is 4.40. The number of aryl methyl sites for hydroxylation is 2. The Balaban J connectivity index is 1.78. The van der Waals surface area contributed by atoms with Crippen LogP contribution >= 0.6 is 0 Å². The maximum absolute atomic E-state index is 13.8. The predicted octanol–water partition coefficient (Wildman–Crippen LogP) is 5.69. The van der Waals surface area contributed by atoms with Crippen molar-refractivity contribution in [2.75, 3.05) is 11.9 Å². The topological polar surface area (TPSA) is 42.2 Å². The molecule has 4 nitrogen and oxygen atoms in total. The van der Waals surface area contributed by atoms with E-state index in [9.17, 15) is 13.2 Å². The number of nitrogens with one attached hydrogen (secondary N) is 1. The van der Waals surface area contributed by atoms with Gasteiger partial charge in [-0.05, 0) is 31.4 Å². The lowest BCUT2D eigenvalue weighted by Crippen LogP contribution is -2.11. The molecule has 1 N–H and O–H groups in total. The first-order chi connectivity index (χ1) is 14.3. The van der Waals surface area contributed by atoms with Gasteiger partial charge in [0.15, 0.2) is 11.3 Å². The van der Waals surface area contributed by atoms with Crippen LogP contribution in [-0.2, 0) is 12.6 Å². The molecule has 2 aromatic heterocycles. The largest absolute Gasteiger partial charge is 0.435 e. The zero-order valence-electron chi connectivity index (χ0n) is 16.7. The smallest absolute Gasteiger partial charge is 0.370 e. The van der Waals surface area contributed by atoms with Crippen LogP contribution in [0.1, 0.15) is 22.5 Å². The first kappa shape index (κ1) is 19.9. The van der Waals surface area contributed by atoms with Crippen molar-refractivity contribution in [1.29, 1.82) is 0 Å². The molecule has 154 valence electrons. The maximum atomic E-state index is 13.8. The number of halogens is 3. The van der Waals surface area contributed by atoms with Crippen LogP contribution in [0.25, 0.3) is 16.8 Å². The Morgan fingerprint density at radius 1 is 0.967 bits per heavy atom. The average Bonchev–Trinajstić information content (AvgIpc) is 3.09. The van der Waals surface area contributed by atoms with E-state index in [-0.39, 0.29) is 11.2 Å². The molecule has 0 aliphatic carbocycles. The van der Waals surface area contributed by atoms with Gasteiger partial charge in [-0.3, -0.25) is 0 Å². The monoisotopic (exact) mass is 410 g/mol. The van der Waals surface area contributed by atoms with E-state index in [1.54, 1.807) is 37.3 Å². The van der Waals surface area contributed by atoms with Crippen molar-refractivity contribution < 1.29 is 13.2 Å². The molecule has 0 unspecified atom stereocenters. The van der Waals surface area contributed by atoms with E-state index in [4.69, 9.17) is 0 Å². The molecule has 0 fully saturated rings. The van der Waals surface area contributed by atoms with Gasteiger partial charge in [-0.15, -0.1) is 0 Å². The van der Waals surface area contributed by atoms with E-state index in [2.05, 4.69) is 15.4 Å². The Labute approximate surface area is 172 Å². The molecule has 0 amide bonds. The zero-order valence-corrected chi connectivity index (χ0v) is 16.7. The molecule has 7 heteroatoms. The van der Waals surface area contributed by atoms with E-state index in [1.807, 2.05) is 37.3 Å². The number of benzene rings is 2. The second-order valence-electron chi connectivity index (χ2n) is 7.27. The fourth-order valence-corrected chi connectivity index (χ4v) is 3.43. The predicted molar refractivity (Wildman–Crippen MR) is 112 cm³/mol. The number of aromatic nitrogens is 3. The fraction of sp³-hybridized carbons (Fsp3) is 0.217. The average molecular weight is 410 g/mol. The van der Waals surface area contributed by atoms with Gasteiger partial charge in [-0.25, -0.2) is 4.98 Å². The van der Waals surface area contributed by atoms with Gasteiger partial charge in [0.2, 0.25) is 0 Å². The van der Waals surface area contributed by atoms with Gasteiger partial charge >= 0.3 is 6.18 Å². The Hall–Kier alpha value is -3.35. The van der Waals surface area contributed by atoms with Crippen LogP contribution < -0.4 is 5.32 Å². The summed E-state index contributed by atoms with van der Waals surface area (Å²) in [7, 11) is 0. The highest BCUT2D eigenvalue weighted by molar-refractivity contribution is 5.81. The fourth-order valence-electron chi connectivity index (χ4n) is 3.43. The molecule has 30 heavy (non-hydrogen) atoms. The lowest BCUT2D eigenvalue weighted by atomic mass is 10.0. The first-order valence-corrected chi connectivity index (χ1v) is 9.65. The van der Waals surface area contributed by atoms with E-state index in [0.29, 0.717) is 23.6 Å². The van der Waals surface area contributed by atoms with Gasteiger partial charge in [-0.1, -0.05) is 60.2 Å². The highest BCUT2D eigenvalue weighted by Gasteiger charge is 2.39. The molecule has 0 saturated heterocycles. The molecule has 0 spiro atoms. The molecule has 4 aromatic rings. The van der Waals surface area contributed by atoms with Crippen molar-refractivity contribution in [3.8, 4) is 11.1 Å². The zero-order chi connectivity index (χ0) is 21.3. The summed E-state index contributed by atoms with van der Waals surface area (Å²) in [6, 6.07) is 18.5. The summed E-state index contributed by atoms with van der Waals surface area (Å²) in [5.41, 5.74) is 2.42. The Morgan fingerprint density at radius 3 is 2.33 bits per heavy atom. The number of rotatable bonds is 5. The van der Waals surface area contributed by atoms with Crippen LogP contribution in [0.4, 0.5) is 19.0 Å². The van der Waals surface area contributed by atoms with Crippen LogP contribution in [0.5, 0.6) is 0 Å². The van der Waals surface area contributed by atoms with E-state index < -0.39 is 11.9 Å². The van der Waals surface area contributed by atoms with Crippen molar-refractivity contribution in [2.45, 2.75) is 26.4 Å². The van der Waals surface area contributed by atoms with Crippen LogP contribution in [0.15, 0.2) is 60.7 Å². The molecular weight excluding hydrogens is 389 g/mol. The highest BCUT2D eigenvalue weighted by atomic mass is 19.4. The number of fused-ring (bicyclic) bond motifs is 1. The van der Waals surface area contributed by atoms with Crippen LogP contribution in [-0.4, -0.2) is 21.1 Å². The van der Waals surface area contributed by atoms with Crippen molar-refractivity contribution in [3.05, 3.63) is 83.2 Å². The second-order valence-corrected chi connectivity index (χ2v) is 7.27. The molecule has 0 bridgehead atoms. The summed E-state index contributed by atoms with van der Waals surface area (Å²) >= 11 is 0. The minimum Gasteiger partial charge on any atom is -0.370 e. The Bertz CT molecular complexity index is 1160. The van der Waals surface area contributed by atoms with Crippen LogP contribution in [0, 0.1) is 13.8 Å². The molecule has 0 radical (unpaired) electrons. The van der Waals surface area contributed by atoms with Gasteiger partial charge in [0.25, 0.3) is 0 Å². The minimum atomic E-state index is -4.59. The lowest BCUT2D eigenvalue weighted by Gasteiger charge is -2.10. The third-order valence-corrected chi connectivity index (χ3v) is 4.89. The summed E-state index contributed by atoms with van der Waals surface area (Å²) < 4.78 is 42.8. The van der Waals surface area contributed by atoms with Crippen LogP contribution in [0.3, 0.4) is 0 Å². The van der Waals surface area contributed by atoms with E-state index >= 15 is 0 Å². The normalized spacial score (nSPS) is 11.8. The number of alkyl halides is 3. The summed E-state index contributed by atoms with van der Waals surface area (Å²) in [5, 5.41) is 7.14. The summed E-state index contributed by atoms with van der Waals surface area (Å²) in [5.74, 6) is 0.484. The van der Waals surface area contributed by atoms with Crippen molar-refractivity contribution in [2.24, 2.45) is 0 Å². The third kappa shape index (κ3) is 4.01. The second kappa shape index (κ2) is 7.82. The molecule has 0 aliphatic heterocycles. The van der Waals surface area contributed by atoms with Crippen molar-refractivity contribution >= 4 is 11.5 Å². The molecule has 0 atom stereocenters. The van der Waals surface area contributed by atoms with Crippen molar-refractivity contribution in [1.82, 2.24) is 14.6 Å². The van der Waals surface area contributed by atoms with Gasteiger partial charge < -0.3 is 5.32 Å². The van der Waals surface area contributed by atoms with Crippen molar-refractivity contribution in [3.63, 3.8) is 0 Å². The molecular formula is C23H21F3N4.